The molecule has 1 aromatic carbocycles. The summed E-state index contributed by atoms with van der Waals surface area (Å²) in [6.07, 6.45) is 0. The van der Waals surface area contributed by atoms with Gasteiger partial charge in [0.15, 0.2) is 5.78 Å². The number of Topliss-reactive ketones (excluding diaryl/α,β-unsaturated/α-hetero) is 1. The normalized spacial score (nSPS) is 17.0. The molecule has 0 unspecified atom stereocenters. The van der Waals surface area contributed by atoms with Crippen LogP contribution < -0.4 is 0 Å². The van der Waals surface area contributed by atoms with Crippen molar-refractivity contribution in [2.75, 3.05) is 26.2 Å². The van der Waals surface area contributed by atoms with Crippen molar-refractivity contribution in [1.29, 1.82) is 0 Å². The Hall–Kier alpha value is -1.54. The van der Waals surface area contributed by atoms with E-state index in [0.29, 0.717) is 18.7 Å². The fourth-order valence-corrected chi connectivity index (χ4v) is 4.86. The van der Waals surface area contributed by atoms with Gasteiger partial charge in [0.25, 0.3) is 0 Å². The number of hydrogen-bond donors (Lipinski definition) is 0. The number of rotatable bonds is 5. The maximum Gasteiger partial charge on any atom is 0.243 e. The van der Waals surface area contributed by atoms with Crippen LogP contribution in [-0.2, 0) is 16.6 Å². The highest BCUT2D eigenvalue weighted by Crippen LogP contribution is 2.19. The molecule has 2 heterocycles. The maximum atomic E-state index is 12.7. The van der Waals surface area contributed by atoms with Crippen molar-refractivity contribution in [1.82, 2.24) is 9.21 Å². The van der Waals surface area contributed by atoms with Gasteiger partial charge < -0.3 is 0 Å². The highest BCUT2D eigenvalue weighted by molar-refractivity contribution is 7.89. The number of hydrogen-bond acceptors (Lipinski definition) is 5. The van der Waals surface area contributed by atoms with Gasteiger partial charge in [0.1, 0.15) is 0 Å². The smallest absolute Gasteiger partial charge is 0.243 e. The second-order valence-electron chi connectivity index (χ2n) is 5.89. The van der Waals surface area contributed by atoms with E-state index in [1.54, 1.807) is 23.5 Å². The van der Waals surface area contributed by atoms with Crippen LogP contribution in [0.15, 0.2) is 46.0 Å². The van der Waals surface area contributed by atoms with Crippen molar-refractivity contribution in [3.8, 4) is 0 Å². The lowest BCUT2D eigenvalue weighted by Crippen LogP contribution is -2.48. The predicted octanol–water partition coefficient (Wildman–Crippen LogP) is 2.46. The van der Waals surface area contributed by atoms with Gasteiger partial charge in [-0.3, -0.25) is 9.69 Å². The van der Waals surface area contributed by atoms with Gasteiger partial charge in [-0.05, 0) is 41.4 Å². The summed E-state index contributed by atoms with van der Waals surface area (Å²) in [6.45, 7) is 4.75. The summed E-state index contributed by atoms with van der Waals surface area (Å²) in [5, 5.41) is 4.18. The van der Waals surface area contributed by atoms with Crippen molar-refractivity contribution < 1.29 is 13.2 Å². The number of benzene rings is 1. The van der Waals surface area contributed by atoms with E-state index < -0.39 is 10.0 Å². The second kappa shape index (κ2) is 7.14. The molecule has 0 radical (unpaired) electrons. The molecular formula is C17H20N2O3S2. The Morgan fingerprint density at radius 3 is 2.29 bits per heavy atom. The first-order valence-electron chi connectivity index (χ1n) is 7.81. The average molecular weight is 364 g/mol. The van der Waals surface area contributed by atoms with E-state index in [0.717, 1.165) is 19.6 Å². The largest absolute Gasteiger partial charge is 0.296 e. The van der Waals surface area contributed by atoms with E-state index in [1.165, 1.54) is 28.9 Å². The van der Waals surface area contributed by atoms with E-state index in [-0.39, 0.29) is 10.7 Å². The molecule has 0 saturated carbocycles. The molecule has 3 rings (SSSR count). The van der Waals surface area contributed by atoms with Crippen LogP contribution in [0.4, 0.5) is 0 Å². The zero-order valence-corrected chi connectivity index (χ0v) is 15.1. The number of sulfonamides is 1. The quantitative estimate of drug-likeness (QED) is 0.765. The van der Waals surface area contributed by atoms with Crippen molar-refractivity contribution in [3.05, 3.63) is 52.2 Å². The fourth-order valence-electron chi connectivity index (χ4n) is 2.78. The highest BCUT2D eigenvalue weighted by atomic mass is 32.2. The van der Waals surface area contributed by atoms with Gasteiger partial charge >= 0.3 is 0 Å². The van der Waals surface area contributed by atoms with Crippen molar-refractivity contribution in [2.24, 2.45) is 0 Å². The molecule has 1 aliphatic rings. The highest BCUT2D eigenvalue weighted by Gasteiger charge is 2.28. The Kier molecular flexibility index (Phi) is 5.15. The minimum Gasteiger partial charge on any atom is -0.296 e. The number of piperazine rings is 1. The van der Waals surface area contributed by atoms with E-state index in [9.17, 15) is 13.2 Å². The van der Waals surface area contributed by atoms with Crippen LogP contribution in [0.25, 0.3) is 0 Å². The van der Waals surface area contributed by atoms with Gasteiger partial charge in [0.05, 0.1) is 4.90 Å². The molecule has 5 nitrogen and oxygen atoms in total. The average Bonchev–Trinajstić information content (AvgIpc) is 3.08. The number of thiophene rings is 1. The third-order valence-electron chi connectivity index (χ3n) is 4.22. The van der Waals surface area contributed by atoms with Crippen LogP contribution >= 0.6 is 11.3 Å². The SMILES string of the molecule is CC(=O)c1ccc(S(=O)(=O)N2CCN(Cc3ccsc3)CC2)cc1. The van der Waals surface area contributed by atoms with Crippen LogP contribution in [0, 0.1) is 0 Å². The molecule has 7 heteroatoms. The first-order chi connectivity index (χ1) is 11.5. The van der Waals surface area contributed by atoms with Crippen LogP contribution in [0.1, 0.15) is 22.8 Å². The Labute approximate surface area is 146 Å². The number of carbonyl (C=O) groups is 1. The Bertz CT molecular complexity index is 791. The predicted molar refractivity (Wildman–Crippen MR) is 94.8 cm³/mol. The van der Waals surface area contributed by atoms with Gasteiger partial charge in [-0.25, -0.2) is 8.42 Å². The molecular weight excluding hydrogens is 344 g/mol. The van der Waals surface area contributed by atoms with Crippen LogP contribution in [0.2, 0.25) is 0 Å². The lowest BCUT2D eigenvalue weighted by Gasteiger charge is -2.33. The van der Waals surface area contributed by atoms with Gasteiger partial charge in [-0.1, -0.05) is 12.1 Å². The molecule has 0 bridgehead atoms. The minimum atomic E-state index is -3.49. The molecule has 0 aliphatic carbocycles. The zero-order chi connectivity index (χ0) is 17.2. The van der Waals surface area contributed by atoms with Gasteiger partial charge in [0.2, 0.25) is 10.0 Å². The Morgan fingerprint density at radius 2 is 1.75 bits per heavy atom. The van der Waals surface area contributed by atoms with E-state index in [1.807, 2.05) is 0 Å². The molecule has 1 aromatic heterocycles. The molecule has 24 heavy (non-hydrogen) atoms. The van der Waals surface area contributed by atoms with Crippen molar-refractivity contribution in [3.63, 3.8) is 0 Å². The standard InChI is InChI=1S/C17H20N2O3S2/c1-14(20)16-2-4-17(5-3-16)24(21,22)19-9-7-18(8-10-19)12-15-6-11-23-13-15/h2-6,11,13H,7-10,12H2,1H3. The summed E-state index contributed by atoms with van der Waals surface area (Å²) in [7, 11) is -3.49. The summed E-state index contributed by atoms with van der Waals surface area (Å²) in [6, 6.07) is 8.28. The topological polar surface area (TPSA) is 57.7 Å². The third kappa shape index (κ3) is 3.75. The summed E-state index contributed by atoms with van der Waals surface area (Å²) in [5.74, 6) is -0.0685. The first-order valence-corrected chi connectivity index (χ1v) is 10.2. The molecule has 128 valence electrons. The van der Waals surface area contributed by atoms with Crippen molar-refractivity contribution in [2.45, 2.75) is 18.4 Å². The van der Waals surface area contributed by atoms with Crippen LogP contribution in [0.3, 0.4) is 0 Å². The molecule has 1 saturated heterocycles. The van der Waals surface area contributed by atoms with Gasteiger partial charge in [-0.2, -0.15) is 15.6 Å². The molecule has 1 fully saturated rings. The maximum absolute atomic E-state index is 12.7. The Balaban J connectivity index is 1.65. The summed E-state index contributed by atoms with van der Waals surface area (Å²) >= 11 is 1.68. The summed E-state index contributed by atoms with van der Waals surface area (Å²) in [4.78, 5) is 13.8. The number of carbonyl (C=O) groups excluding carboxylic acids is 1. The lowest BCUT2D eigenvalue weighted by atomic mass is 10.2. The summed E-state index contributed by atoms with van der Waals surface area (Å²) in [5.41, 5.74) is 1.80. The lowest BCUT2D eigenvalue weighted by molar-refractivity contribution is 0.101. The molecule has 0 spiro atoms. The van der Waals surface area contributed by atoms with Crippen LogP contribution in [0.5, 0.6) is 0 Å². The van der Waals surface area contributed by atoms with E-state index in [4.69, 9.17) is 0 Å². The molecule has 0 atom stereocenters. The Morgan fingerprint density at radius 1 is 1.08 bits per heavy atom. The summed E-state index contributed by atoms with van der Waals surface area (Å²) < 4.78 is 27.0. The van der Waals surface area contributed by atoms with E-state index in [2.05, 4.69) is 21.7 Å². The fraction of sp³-hybridized carbons (Fsp3) is 0.353. The second-order valence-corrected chi connectivity index (χ2v) is 8.61. The monoisotopic (exact) mass is 364 g/mol. The molecule has 1 aliphatic heterocycles. The van der Waals surface area contributed by atoms with Gasteiger partial charge in [-0.15, -0.1) is 0 Å². The molecule has 0 N–H and O–H groups in total. The van der Waals surface area contributed by atoms with Crippen LogP contribution in [-0.4, -0.2) is 49.6 Å². The van der Waals surface area contributed by atoms with E-state index >= 15 is 0 Å². The van der Waals surface area contributed by atoms with Crippen molar-refractivity contribution >= 4 is 27.1 Å². The zero-order valence-electron chi connectivity index (χ0n) is 13.5. The number of ketones is 1. The molecule has 0 amide bonds. The van der Waals surface area contributed by atoms with Gasteiger partial charge in [0, 0.05) is 38.3 Å². The third-order valence-corrected chi connectivity index (χ3v) is 6.86. The minimum absolute atomic E-state index is 0.0685. The number of nitrogens with zero attached hydrogens (tertiary/aromatic N) is 2. The first kappa shape index (κ1) is 17.3. The molecule has 2 aromatic rings.